The molecule has 0 fully saturated rings. The lowest BCUT2D eigenvalue weighted by Gasteiger charge is -2.10. The summed E-state index contributed by atoms with van der Waals surface area (Å²) >= 11 is 0. The number of guanidine groups is 1. The largest absolute Gasteiger partial charge is 0.364 e. The highest BCUT2D eigenvalue weighted by Crippen LogP contribution is 2.08. The highest BCUT2D eigenvalue weighted by molar-refractivity contribution is 5.79. The molecule has 2 N–H and O–H groups in total. The molecule has 0 aliphatic heterocycles. The number of aliphatic imine (C=N–C) groups is 1. The summed E-state index contributed by atoms with van der Waals surface area (Å²) < 4.78 is 4.78. The summed E-state index contributed by atoms with van der Waals surface area (Å²) in [7, 11) is 1.78. The fourth-order valence-electron chi connectivity index (χ4n) is 1.96. The first kappa shape index (κ1) is 16.5. The van der Waals surface area contributed by atoms with Gasteiger partial charge in [-0.15, -0.1) is 0 Å². The summed E-state index contributed by atoms with van der Waals surface area (Å²) in [6.07, 6.45) is 8.04. The van der Waals surface area contributed by atoms with Crippen molar-refractivity contribution >= 4 is 5.96 Å². The predicted octanol–water partition coefficient (Wildman–Crippen LogP) is 2.95. The van der Waals surface area contributed by atoms with Crippen molar-refractivity contribution in [3.63, 3.8) is 0 Å². The van der Waals surface area contributed by atoms with Gasteiger partial charge in [-0.3, -0.25) is 4.99 Å². The van der Waals surface area contributed by atoms with E-state index in [2.05, 4.69) is 34.6 Å². The predicted molar refractivity (Wildman–Crippen MR) is 82.6 cm³/mol. The second-order valence-electron chi connectivity index (χ2n) is 5.44. The number of rotatable bonds is 9. The monoisotopic (exact) mass is 280 g/mol. The van der Waals surface area contributed by atoms with Crippen molar-refractivity contribution in [1.82, 2.24) is 15.8 Å². The molecule has 5 heteroatoms. The minimum atomic E-state index is 0.630. The van der Waals surface area contributed by atoms with Gasteiger partial charge in [0.05, 0.1) is 6.54 Å². The van der Waals surface area contributed by atoms with Gasteiger partial charge >= 0.3 is 0 Å². The molecule has 0 aliphatic carbocycles. The van der Waals surface area contributed by atoms with Gasteiger partial charge < -0.3 is 15.2 Å². The van der Waals surface area contributed by atoms with Crippen molar-refractivity contribution in [3.8, 4) is 0 Å². The minimum absolute atomic E-state index is 0.630. The fourth-order valence-corrected chi connectivity index (χ4v) is 1.96. The summed E-state index contributed by atoms with van der Waals surface area (Å²) in [5.74, 6) is 1.64. The van der Waals surface area contributed by atoms with Crippen molar-refractivity contribution in [3.05, 3.63) is 18.0 Å². The van der Waals surface area contributed by atoms with E-state index in [1.165, 1.54) is 32.1 Å². The fraction of sp³-hybridized carbons (Fsp3) is 0.733. The average molecular weight is 280 g/mol. The summed E-state index contributed by atoms with van der Waals surface area (Å²) in [5.41, 5.74) is 0.877. The lowest BCUT2D eigenvalue weighted by Crippen LogP contribution is -2.37. The van der Waals surface area contributed by atoms with Crippen LogP contribution in [0.1, 0.15) is 51.6 Å². The molecule has 0 saturated carbocycles. The summed E-state index contributed by atoms with van der Waals surface area (Å²) in [6, 6.07) is 1.84. The van der Waals surface area contributed by atoms with Crippen LogP contribution in [0.25, 0.3) is 0 Å². The van der Waals surface area contributed by atoms with Crippen LogP contribution in [-0.2, 0) is 6.54 Å². The van der Waals surface area contributed by atoms with Crippen LogP contribution in [0.15, 0.2) is 21.8 Å². The van der Waals surface area contributed by atoms with Gasteiger partial charge in [0.25, 0.3) is 0 Å². The molecule has 0 spiro atoms. The lowest BCUT2D eigenvalue weighted by molar-refractivity contribution is 0.410. The Morgan fingerprint density at radius 1 is 1.25 bits per heavy atom. The standard InChI is InChI=1S/C15H28N4O/c1-13(2)8-6-4-5-7-10-17-15(16-3)18-12-14-9-11-20-19-14/h9,11,13H,4-8,10,12H2,1-3H3,(H2,16,17,18). The smallest absolute Gasteiger partial charge is 0.191 e. The maximum atomic E-state index is 4.78. The molecule has 1 rings (SSSR count). The maximum Gasteiger partial charge on any atom is 0.191 e. The Hall–Kier alpha value is -1.52. The van der Waals surface area contributed by atoms with E-state index in [9.17, 15) is 0 Å². The molecule has 0 radical (unpaired) electrons. The Bertz CT molecular complexity index is 360. The van der Waals surface area contributed by atoms with Gasteiger partial charge in [0.15, 0.2) is 5.96 Å². The van der Waals surface area contributed by atoms with E-state index in [4.69, 9.17) is 4.52 Å². The van der Waals surface area contributed by atoms with Gasteiger partial charge in [-0.2, -0.15) is 0 Å². The van der Waals surface area contributed by atoms with Crippen LogP contribution in [-0.4, -0.2) is 24.7 Å². The summed E-state index contributed by atoms with van der Waals surface area (Å²) in [6.45, 7) is 6.16. The molecule has 0 aromatic carbocycles. The zero-order valence-electron chi connectivity index (χ0n) is 13.0. The van der Waals surface area contributed by atoms with Crippen molar-refractivity contribution in [2.24, 2.45) is 10.9 Å². The second-order valence-corrected chi connectivity index (χ2v) is 5.44. The highest BCUT2D eigenvalue weighted by atomic mass is 16.5. The number of hydrogen-bond acceptors (Lipinski definition) is 3. The zero-order valence-corrected chi connectivity index (χ0v) is 13.0. The molecule has 0 unspecified atom stereocenters. The Labute approximate surface area is 122 Å². The van der Waals surface area contributed by atoms with Gasteiger partial charge in [0.2, 0.25) is 0 Å². The van der Waals surface area contributed by atoms with E-state index in [0.717, 1.165) is 24.1 Å². The Morgan fingerprint density at radius 3 is 2.70 bits per heavy atom. The molecule has 1 heterocycles. The normalized spacial score (nSPS) is 11.9. The van der Waals surface area contributed by atoms with Gasteiger partial charge in [0, 0.05) is 19.7 Å². The Kier molecular flexibility index (Phi) is 8.51. The average Bonchev–Trinajstić information content (AvgIpc) is 2.94. The van der Waals surface area contributed by atoms with E-state index in [1.807, 2.05) is 6.07 Å². The Balaban J connectivity index is 2.01. The van der Waals surface area contributed by atoms with Crippen LogP contribution in [0.5, 0.6) is 0 Å². The van der Waals surface area contributed by atoms with E-state index in [0.29, 0.717) is 6.54 Å². The molecule has 1 aromatic heterocycles. The molecule has 0 amide bonds. The third-order valence-electron chi connectivity index (χ3n) is 3.15. The van der Waals surface area contributed by atoms with Crippen LogP contribution in [0, 0.1) is 5.92 Å². The highest BCUT2D eigenvalue weighted by Gasteiger charge is 2.00. The minimum Gasteiger partial charge on any atom is -0.364 e. The molecular formula is C15H28N4O. The lowest BCUT2D eigenvalue weighted by atomic mass is 10.0. The van der Waals surface area contributed by atoms with Crippen molar-refractivity contribution in [2.45, 2.75) is 52.5 Å². The third-order valence-corrected chi connectivity index (χ3v) is 3.15. The molecule has 114 valence electrons. The molecular weight excluding hydrogens is 252 g/mol. The van der Waals surface area contributed by atoms with Gasteiger partial charge in [-0.1, -0.05) is 44.7 Å². The van der Waals surface area contributed by atoms with Gasteiger partial charge in [-0.05, 0) is 12.3 Å². The number of hydrogen-bond donors (Lipinski definition) is 2. The van der Waals surface area contributed by atoms with Crippen molar-refractivity contribution < 1.29 is 4.52 Å². The van der Waals surface area contributed by atoms with Crippen LogP contribution < -0.4 is 10.6 Å². The maximum absolute atomic E-state index is 4.78. The van der Waals surface area contributed by atoms with E-state index < -0.39 is 0 Å². The number of unbranched alkanes of at least 4 members (excludes halogenated alkanes) is 3. The SMILES string of the molecule is CN=C(NCCCCCCC(C)C)NCc1ccon1. The Morgan fingerprint density at radius 2 is 2.05 bits per heavy atom. The number of aromatic nitrogens is 1. The molecule has 0 aliphatic rings. The zero-order chi connectivity index (χ0) is 14.6. The summed E-state index contributed by atoms with van der Waals surface area (Å²) in [5, 5.41) is 10.4. The second kappa shape index (κ2) is 10.3. The molecule has 20 heavy (non-hydrogen) atoms. The van der Waals surface area contributed by atoms with Crippen LogP contribution in [0.2, 0.25) is 0 Å². The molecule has 0 atom stereocenters. The molecule has 1 aromatic rings. The topological polar surface area (TPSA) is 62.5 Å². The van der Waals surface area contributed by atoms with Crippen LogP contribution >= 0.6 is 0 Å². The van der Waals surface area contributed by atoms with Crippen molar-refractivity contribution in [2.75, 3.05) is 13.6 Å². The van der Waals surface area contributed by atoms with Crippen LogP contribution in [0.4, 0.5) is 0 Å². The molecule has 0 saturated heterocycles. The molecule has 0 bridgehead atoms. The first-order chi connectivity index (χ1) is 9.72. The van der Waals surface area contributed by atoms with Crippen LogP contribution in [0.3, 0.4) is 0 Å². The van der Waals surface area contributed by atoms with E-state index in [1.54, 1.807) is 13.3 Å². The number of nitrogens with zero attached hydrogens (tertiary/aromatic N) is 2. The van der Waals surface area contributed by atoms with Gasteiger partial charge in [0.1, 0.15) is 12.0 Å². The quantitative estimate of drug-likeness (QED) is 0.415. The van der Waals surface area contributed by atoms with E-state index in [-0.39, 0.29) is 0 Å². The first-order valence-electron chi connectivity index (χ1n) is 7.56. The van der Waals surface area contributed by atoms with Crippen molar-refractivity contribution in [1.29, 1.82) is 0 Å². The van der Waals surface area contributed by atoms with E-state index >= 15 is 0 Å². The summed E-state index contributed by atoms with van der Waals surface area (Å²) in [4.78, 5) is 4.18. The number of nitrogens with one attached hydrogen (secondary N) is 2. The third kappa shape index (κ3) is 7.81. The van der Waals surface area contributed by atoms with Gasteiger partial charge in [-0.25, -0.2) is 0 Å². The molecule has 5 nitrogen and oxygen atoms in total. The first-order valence-corrected chi connectivity index (χ1v) is 7.56.